The van der Waals surface area contributed by atoms with Gasteiger partial charge in [0, 0.05) is 97.5 Å². The van der Waals surface area contributed by atoms with E-state index in [1.54, 1.807) is 21.3 Å². The Morgan fingerprint density at radius 1 is 0.946 bits per heavy atom. The van der Waals surface area contributed by atoms with Crippen molar-refractivity contribution in [3.8, 4) is 0 Å². The van der Waals surface area contributed by atoms with Crippen molar-refractivity contribution in [2.75, 3.05) is 93.7 Å². The standard InChI is InChI=1S/C41H66N4O11/c1-50-19-5-17-43-18-21-54-37-16-9-31(24-36(37)43)29-55-38-27-44(39(46)6-4-20-56-45(48)49)26-34(25-42-41(47)33-12-14-35(52-3)15-13-33)40(38)32-10-7-30(8-11-32)28-53-23-22-51-2/h7-8,10-11,31,33-38,40H,4-6,9,12-29H2,1-3H3,(H,42,47). The molecule has 56 heavy (non-hydrogen) atoms. The van der Waals surface area contributed by atoms with Gasteiger partial charge in [0.15, 0.2) is 0 Å². The fraction of sp³-hybridized carbons (Fsp3) is 0.805. The molecule has 15 heteroatoms. The molecule has 1 aromatic rings. The van der Waals surface area contributed by atoms with Gasteiger partial charge in [-0.2, -0.15) is 0 Å². The maximum absolute atomic E-state index is 13.7. The topological polar surface area (TPSA) is 160 Å². The highest BCUT2D eigenvalue weighted by atomic mass is 16.9. The van der Waals surface area contributed by atoms with Crippen molar-refractivity contribution in [3.05, 3.63) is 45.5 Å². The van der Waals surface area contributed by atoms with E-state index in [1.807, 2.05) is 4.90 Å². The lowest BCUT2D eigenvalue weighted by molar-refractivity contribution is -0.757. The van der Waals surface area contributed by atoms with Gasteiger partial charge in [0.1, 0.15) is 0 Å². The predicted molar refractivity (Wildman–Crippen MR) is 207 cm³/mol. The third-order valence-electron chi connectivity index (χ3n) is 12.2. The summed E-state index contributed by atoms with van der Waals surface area (Å²) in [4.78, 5) is 46.9. The number of benzene rings is 1. The van der Waals surface area contributed by atoms with Crippen LogP contribution in [0.3, 0.4) is 0 Å². The molecule has 1 aromatic carbocycles. The lowest BCUT2D eigenvalue weighted by atomic mass is 9.77. The van der Waals surface area contributed by atoms with Gasteiger partial charge in [0.05, 0.1) is 51.3 Å². The van der Waals surface area contributed by atoms with Crippen LogP contribution < -0.4 is 5.32 Å². The van der Waals surface area contributed by atoms with Gasteiger partial charge in [-0.15, -0.1) is 10.1 Å². The van der Waals surface area contributed by atoms with E-state index in [2.05, 4.69) is 39.3 Å². The highest BCUT2D eigenvalue weighted by Gasteiger charge is 2.42. The number of fused-ring (bicyclic) bond motifs is 1. The van der Waals surface area contributed by atoms with Crippen LogP contribution >= 0.6 is 0 Å². The van der Waals surface area contributed by atoms with Gasteiger partial charge in [-0.25, -0.2) is 0 Å². The van der Waals surface area contributed by atoms with Crippen LogP contribution in [0.15, 0.2) is 24.3 Å². The number of ether oxygens (including phenoxy) is 6. The summed E-state index contributed by atoms with van der Waals surface area (Å²) in [7, 11) is 5.12. The van der Waals surface area contributed by atoms with E-state index in [4.69, 9.17) is 28.4 Å². The fourth-order valence-corrected chi connectivity index (χ4v) is 9.14. The minimum absolute atomic E-state index is 0.0428. The summed E-state index contributed by atoms with van der Waals surface area (Å²) in [5.41, 5.74) is 2.14. The molecule has 2 amide bonds. The normalized spacial score (nSPS) is 28.4. The van der Waals surface area contributed by atoms with Crippen LogP contribution in [0.1, 0.15) is 81.3 Å². The van der Waals surface area contributed by atoms with Crippen LogP contribution in [0.2, 0.25) is 0 Å². The summed E-state index contributed by atoms with van der Waals surface area (Å²) < 4.78 is 35.0. The lowest BCUT2D eigenvalue weighted by Gasteiger charge is -2.47. The molecule has 6 atom stereocenters. The molecule has 2 heterocycles. The Bertz CT molecular complexity index is 1330. The average Bonchev–Trinajstić information content (AvgIpc) is 3.22. The zero-order valence-electron chi connectivity index (χ0n) is 33.8. The van der Waals surface area contributed by atoms with Crippen LogP contribution in [0, 0.1) is 27.9 Å². The smallest absolute Gasteiger partial charge is 0.294 e. The minimum atomic E-state index is -0.830. The molecule has 2 saturated carbocycles. The van der Waals surface area contributed by atoms with Crippen LogP contribution in [0.5, 0.6) is 0 Å². The number of hydrogen-bond acceptors (Lipinski definition) is 12. The molecule has 1 N–H and O–H groups in total. The molecule has 0 bridgehead atoms. The van der Waals surface area contributed by atoms with E-state index in [1.165, 1.54) is 0 Å². The van der Waals surface area contributed by atoms with E-state index < -0.39 is 5.09 Å². The monoisotopic (exact) mass is 790 g/mol. The average molecular weight is 791 g/mol. The summed E-state index contributed by atoms with van der Waals surface area (Å²) in [6.45, 7) is 6.52. The Balaban J connectivity index is 1.33. The Labute approximate surface area is 332 Å². The molecule has 15 nitrogen and oxygen atoms in total. The van der Waals surface area contributed by atoms with Crippen molar-refractivity contribution in [3.63, 3.8) is 0 Å². The first-order valence-corrected chi connectivity index (χ1v) is 20.8. The first kappa shape index (κ1) is 44.2. The van der Waals surface area contributed by atoms with Gasteiger partial charge in [0.25, 0.3) is 5.09 Å². The third kappa shape index (κ3) is 13.3. The molecule has 0 aromatic heterocycles. The Kier molecular flexibility index (Phi) is 18.5. The van der Waals surface area contributed by atoms with Crippen molar-refractivity contribution in [1.82, 2.24) is 15.1 Å². The maximum atomic E-state index is 13.7. The third-order valence-corrected chi connectivity index (χ3v) is 12.2. The molecule has 0 radical (unpaired) electrons. The largest absolute Gasteiger partial charge is 0.385 e. The van der Waals surface area contributed by atoms with E-state index in [9.17, 15) is 19.7 Å². The summed E-state index contributed by atoms with van der Waals surface area (Å²) in [5, 5.41) is 13.2. The number of methoxy groups -OCH3 is 3. The summed E-state index contributed by atoms with van der Waals surface area (Å²) in [6.07, 6.45) is 7.70. The maximum Gasteiger partial charge on any atom is 0.294 e. The molecule has 316 valence electrons. The summed E-state index contributed by atoms with van der Waals surface area (Å²) in [5.74, 6) is -0.0186. The highest BCUT2D eigenvalue weighted by Crippen LogP contribution is 2.38. The van der Waals surface area contributed by atoms with Gasteiger partial charge < -0.3 is 43.5 Å². The van der Waals surface area contributed by atoms with Crippen LogP contribution in [0.4, 0.5) is 0 Å². The van der Waals surface area contributed by atoms with Crippen molar-refractivity contribution < 1.29 is 47.9 Å². The van der Waals surface area contributed by atoms with Crippen molar-refractivity contribution in [2.24, 2.45) is 17.8 Å². The van der Waals surface area contributed by atoms with E-state index in [0.717, 1.165) is 88.8 Å². The van der Waals surface area contributed by atoms with E-state index >= 15 is 0 Å². The number of carbonyl (C=O) groups is 2. The van der Waals surface area contributed by atoms with Crippen LogP contribution in [-0.4, -0.2) is 145 Å². The molecule has 6 unspecified atom stereocenters. The minimum Gasteiger partial charge on any atom is -0.385 e. The molecule has 2 saturated heterocycles. The molecule has 0 spiro atoms. The zero-order valence-corrected chi connectivity index (χ0v) is 33.8. The van der Waals surface area contributed by atoms with Crippen molar-refractivity contribution in [1.29, 1.82) is 0 Å². The number of amides is 2. The second-order valence-electron chi connectivity index (χ2n) is 15.9. The van der Waals surface area contributed by atoms with Gasteiger partial charge >= 0.3 is 0 Å². The summed E-state index contributed by atoms with van der Waals surface area (Å²) in [6, 6.07) is 8.76. The number of nitrogens with zero attached hydrogens (tertiary/aromatic N) is 3. The van der Waals surface area contributed by atoms with E-state index in [0.29, 0.717) is 58.0 Å². The Morgan fingerprint density at radius 2 is 1.73 bits per heavy atom. The second kappa shape index (κ2) is 23.5. The molecule has 4 aliphatic rings. The molecular formula is C41H66N4O11. The highest BCUT2D eigenvalue weighted by molar-refractivity contribution is 5.79. The fourth-order valence-electron chi connectivity index (χ4n) is 9.14. The van der Waals surface area contributed by atoms with Gasteiger partial charge in [-0.05, 0) is 74.8 Å². The van der Waals surface area contributed by atoms with Crippen molar-refractivity contribution in [2.45, 2.75) is 101 Å². The second-order valence-corrected chi connectivity index (χ2v) is 15.9. The number of hydrogen-bond donors (Lipinski definition) is 1. The predicted octanol–water partition coefficient (Wildman–Crippen LogP) is 3.99. The van der Waals surface area contributed by atoms with Gasteiger partial charge in [0.2, 0.25) is 11.8 Å². The number of piperidine rings is 1. The molecule has 2 aliphatic heterocycles. The van der Waals surface area contributed by atoms with Crippen LogP contribution in [0.25, 0.3) is 0 Å². The molecular weight excluding hydrogens is 724 g/mol. The Morgan fingerprint density at radius 3 is 2.46 bits per heavy atom. The first-order valence-electron chi connectivity index (χ1n) is 20.8. The molecule has 5 rings (SSSR count). The van der Waals surface area contributed by atoms with Gasteiger partial charge in [-0.1, -0.05) is 24.3 Å². The zero-order chi connectivity index (χ0) is 39.7. The molecule has 2 aliphatic carbocycles. The lowest BCUT2D eigenvalue weighted by Crippen LogP contribution is -2.55. The number of likely N-dealkylation sites (tertiary alicyclic amines) is 1. The quantitative estimate of drug-likeness (QED) is 0.102. The van der Waals surface area contributed by atoms with Crippen LogP contribution in [-0.2, 0) is 49.5 Å². The SMILES string of the molecule is COCCCN1CCOC2CCC(COC3CN(C(=O)CCCO[N+](=O)[O-])CC(CNC(=O)C4CCC(OC)CC4)C3c3ccc(COCCOC)cc3)CC21. The number of morpholine rings is 1. The number of nitrogens with one attached hydrogen (secondary N) is 1. The number of carbonyl (C=O) groups excluding carboxylic acids is 2. The Hall–Kier alpha value is -2.92. The van der Waals surface area contributed by atoms with E-state index in [-0.39, 0.29) is 67.3 Å². The summed E-state index contributed by atoms with van der Waals surface area (Å²) >= 11 is 0. The molecule has 4 fully saturated rings. The number of rotatable bonds is 22. The first-order chi connectivity index (χ1) is 27.3. The van der Waals surface area contributed by atoms with Gasteiger partial charge in [-0.3, -0.25) is 14.5 Å². The van der Waals surface area contributed by atoms with Crippen molar-refractivity contribution >= 4 is 11.8 Å².